The van der Waals surface area contributed by atoms with Crippen LogP contribution in [0.3, 0.4) is 0 Å². The normalized spacial score (nSPS) is 14.3. The summed E-state index contributed by atoms with van der Waals surface area (Å²) in [5.74, 6) is 2.08. The molecule has 0 atom stereocenters. The van der Waals surface area contributed by atoms with Crippen molar-refractivity contribution in [2.45, 2.75) is 18.8 Å². The first-order valence-corrected chi connectivity index (χ1v) is 7.20. The maximum atomic E-state index is 5.95. The van der Waals surface area contributed by atoms with E-state index < -0.39 is 0 Å². The third-order valence-corrected chi connectivity index (χ3v) is 3.69. The fourth-order valence-corrected chi connectivity index (χ4v) is 2.32. The molecule has 6 heteroatoms. The van der Waals surface area contributed by atoms with E-state index in [2.05, 4.69) is 20.3 Å². The summed E-state index contributed by atoms with van der Waals surface area (Å²) >= 11 is 5.95. The van der Waals surface area contributed by atoms with E-state index in [1.54, 1.807) is 6.20 Å². The second kappa shape index (κ2) is 4.93. The Hall–Kier alpha value is -2.27. The molecule has 5 nitrogen and oxygen atoms in total. The highest BCUT2D eigenvalue weighted by Gasteiger charge is 2.29. The molecule has 0 unspecified atom stereocenters. The minimum atomic E-state index is 0.481. The Bertz CT molecular complexity index is 763. The summed E-state index contributed by atoms with van der Waals surface area (Å²) in [7, 11) is 0. The SMILES string of the molecule is Clc1ccc(-n2nc(C3CC3)nc2-c2cccnn2)cc1. The molecule has 0 N–H and O–H groups in total. The highest BCUT2D eigenvalue weighted by molar-refractivity contribution is 6.30. The van der Waals surface area contributed by atoms with Gasteiger partial charge in [-0.15, -0.1) is 5.10 Å². The molecule has 1 aromatic carbocycles. The van der Waals surface area contributed by atoms with Crippen molar-refractivity contribution in [2.24, 2.45) is 0 Å². The van der Waals surface area contributed by atoms with E-state index in [0.29, 0.717) is 22.5 Å². The Kier molecular flexibility index (Phi) is 2.93. The molecular weight excluding hydrogens is 286 g/mol. The van der Waals surface area contributed by atoms with Gasteiger partial charge in [0.25, 0.3) is 0 Å². The predicted molar refractivity (Wildman–Crippen MR) is 79.4 cm³/mol. The van der Waals surface area contributed by atoms with Crippen LogP contribution in [0.1, 0.15) is 24.6 Å². The first kappa shape index (κ1) is 12.5. The number of nitrogens with zero attached hydrogens (tertiary/aromatic N) is 5. The number of rotatable bonds is 3. The molecule has 1 aliphatic carbocycles. The van der Waals surface area contributed by atoms with Crippen molar-refractivity contribution < 1.29 is 0 Å². The molecule has 1 aliphatic rings. The maximum Gasteiger partial charge on any atom is 0.183 e. The smallest absolute Gasteiger partial charge is 0.183 e. The standard InChI is InChI=1S/C15H12ClN5/c16-11-5-7-12(8-6-11)21-15(13-2-1-9-17-19-13)18-14(20-21)10-3-4-10/h1-2,5-10H,3-4H2. The largest absolute Gasteiger partial charge is 0.211 e. The van der Waals surface area contributed by atoms with Crippen molar-refractivity contribution in [2.75, 3.05) is 0 Å². The highest BCUT2D eigenvalue weighted by atomic mass is 35.5. The molecule has 0 bridgehead atoms. The molecule has 0 spiro atoms. The van der Waals surface area contributed by atoms with Crippen LogP contribution in [0.4, 0.5) is 0 Å². The van der Waals surface area contributed by atoms with Crippen molar-refractivity contribution in [3.05, 3.63) is 53.4 Å². The van der Waals surface area contributed by atoms with Gasteiger partial charge in [0.05, 0.1) is 5.69 Å². The Morgan fingerprint density at radius 3 is 2.57 bits per heavy atom. The number of aromatic nitrogens is 5. The van der Waals surface area contributed by atoms with Crippen molar-refractivity contribution in [3.8, 4) is 17.2 Å². The van der Waals surface area contributed by atoms with Crippen LogP contribution in [0.15, 0.2) is 42.6 Å². The zero-order chi connectivity index (χ0) is 14.2. The lowest BCUT2D eigenvalue weighted by molar-refractivity contribution is 0.835. The van der Waals surface area contributed by atoms with Crippen LogP contribution in [-0.2, 0) is 0 Å². The van der Waals surface area contributed by atoms with Gasteiger partial charge in [0.2, 0.25) is 0 Å². The third kappa shape index (κ3) is 2.40. The van der Waals surface area contributed by atoms with Gasteiger partial charge in [0.15, 0.2) is 11.6 Å². The van der Waals surface area contributed by atoms with Gasteiger partial charge in [-0.2, -0.15) is 10.2 Å². The quantitative estimate of drug-likeness (QED) is 0.744. The maximum absolute atomic E-state index is 5.95. The minimum Gasteiger partial charge on any atom is -0.211 e. The van der Waals surface area contributed by atoms with E-state index in [1.807, 2.05) is 41.1 Å². The molecule has 1 saturated carbocycles. The van der Waals surface area contributed by atoms with Crippen molar-refractivity contribution >= 4 is 11.6 Å². The van der Waals surface area contributed by atoms with Crippen LogP contribution in [0.5, 0.6) is 0 Å². The minimum absolute atomic E-state index is 0.481. The highest BCUT2D eigenvalue weighted by Crippen LogP contribution is 2.39. The van der Waals surface area contributed by atoms with E-state index in [0.717, 1.165) is 24.4 Å². The van der Waals surface area contributed by atoms with E-state index >= 15 is 0 Å². The molecule has 2 aromatic heterocycles. The van der Waals surface area contributed by atoms with E-state index in [4.69, 9.17) is 11.6 Å². The Labute approximate surface area is 126 Å². The first-order chi connectivity index (χ1) is 10.3. The molecule has 3 aromatic rings. The predicted octanol–water partition coefficient (Wildman–Crippen LogP) is 3.26. The van der Waals surface area contributed by atoms with Crippen molar-refractivity contribution in [1.29, 1.82) is 0 Å². The first-order valence-electron chi connectivity index (χ1n) is 6.82. The van der Waals surface area contributed by atoms with Gasteiger partial charge in [0.1, 0.15) is 5.69 Å². The fourth-order valence-electron chi connectivity index (χ4n) is 2.19. The summed E-state index contributed by atoms with van der Waals surface area (Å²) in [5.41, 5.74) is 1.63. The molecule has 104 valence electrons. The van der Waals surface area contributed by atoms with Gasteiger partial charge in [-0.05, 0) is 49.2 Å². The summed E-state index contributed by atoms with van der Waals surface area (Å²) in [6.07, 6.45) is 3.96. The molecule has 0 radical (unpaired) electrons. The fraction of sp³-hybridized carbons (Fsp3) is 0.200. The second-order valence-electron chi connectivity index (χ2n) is 5.07. The molecule has 2 heterocycles. The van der Waals surface area contributed by atoms with Gasteiger partial charge < -0.3 is 0 Å². The van der Waals surface area contributed by atoms with Crippen LogP contribution in [0.25, 0.3) is 17.2 Å². The van der Waals surface area contributed by atoms with E-state index in [1.165, 1.54) is 0 Å². The molecule has 0 aliphatic heterocycles. The molecular formula is C15H12ClN5. The Morgan fingerprint density at radius 1 is 1.10 bits per heavy atom. The van der Waals surface area contributed by atoms with Crippen LogP contribution < -0.4 is 0 Å². The summed E-state index contributed by atoms with van der Waals surface area (Å²) in [6, 6.07) is 11.3. The Morgan fingerprint density at radius 2 is 1.90 bits per heavy atom. The monoisotopic (exact) mass is 297 g/mol. The van der Waals surface area contributed by atoms with Crippen LogP contribution >= 0.6 is 11.6 Å². The summed E-state index contributed by atoms with van der Waals surface area (Å²) in [5, 5.41) is 13.4. The topological polar surface area (TPSA) is 56.5 Å². The zero-order valence-corrected chi connectivity index (χ0v) is 11.9. The van der Waals surface area contributed by atoms with Crippen LogP contribution in [0.2, 0.25) is 5.02 Å². The number of hydrogen-bond acceptors (Lipinski definition) is 4. The lowest BCUT2D eigenvalue weighted by Crippen LogP contribution is -2.01. The molecule has 1 fully saturated rings. The molecule has 4 rings (SSSR count). The number of halogens is 1. The summed E-state index contributed by atoms with van der Waals surface area (Å²) < 4.78 is 1.81. The van der Waals surface area contributed by atoms with Gasteiger partial charge in [0, 0.05) is 17.1 Å². The van der Waals surface area contributed by atoms with Gasteiger partial charge in [-0.25, -0.2) is 9.67 Å². The Balaban J connectivity index is 1.86. The summed E-state index contributed by atoms with van der Waals surface area (Å²) in [6.45, 7) is 0. The number of benzene rings is 1. The second-order valence-corrected chi connectivity index (χ2v) is 5.50. The van der Waals surface area contributed by atoms with Crippen LogP contribution in [0, 0.1) is 0 Å². The number of hydrogen-bond donors (Lipinski definition) is 0. The lowest BCUT2D eigenvalue weighted by atomic mass is 10.3. The van der Waals surface area contributed by atoms with Gasteiger partial charge >= 0.3 is 0 Å². The average Bonchev–Trinajstić information content (AvgIpc) is 3.28. The molecule has 0 saturated heterocycles. The molecule has 0 amide bonds. The van der Waals surface area contributed by atoms with E-state index in [9.17, 15) is 0 Å². The lowest BCUT2D eigenvalue weighted by Gasteiger charge is -2.04. The van der Waals surface area contributed by atoms with Gasteiger partial charge in [-0.1, -0.05) is 11.6 Å². The molecule has 21 heavy (non-hydrogen) atoms. The van der Waals surface area contributed by atoms with Crippen molar-refractivity contribution in [1.82, 2.24) is 25.0 Å². The third-order valence-electron chi connectivity index (χ3n) is 3.44. The zero-order valence-electron chi connectivity index (χ0n) is 11.1. The van der Waals surface area contributed by atoms with E-state index in [-0.39, 0.29) is 0 Å². The van der Waals surface area contributed by atoms with Gasteiger partial charge in [-0.3, -0.25) is 0 Å². The van der Waals surface area contributed by atoms with Crippen LogP contribution in [-0.4, -0.2) is 25.0 Å². The average molecular weight is 298 g/mol. The summed E-state index contributed by atoms with van der Waals surface area (Å²) in [4.78, 5) is 4.66. The van der Waals surface area contributed by atoms with Crippen molar-refractivity contribution in [3.63, 3.8) is 0 Å².